The molecule has 0 amide bonds. The highest BCUT2D eigenvalue weighted by Gasteiger charge is 2.26. The standard InChI is InChI=1S/C7H8F2N4O2/c8-7(9)3-1-5(11)12-4(2-10)6(3)13(14)15/h1,7H,2,10H2,(H2,11,12). The number of hydrogen-bond acceptors (Lipinski definition) is 5. The van der Waals surface area contributed by atoms with Gasteiger partial charge in [-0.3, -0.25) is 10.1 Å². The lowest BCUT2D eigenvalue weighted by atomic mass is 10.1. The molecular formula is C7H8F2N4O2. The first-order chi connectivity index (χ1) is 6.97. The summed E-state index contributed by atoms with van der Waals surface area (Å²) in [6.07, 6.45) is -2.99. The molecule has 0 unspecified atom stereocenters. The Morgan fingerprint density at radius 2 is 2.20 bits per heavy atom. The fourth-order valence-electron chi connectivity index (χ4n) is 1.15. The van der Waals surface area contributed by atoms with Crippen molar-refractivity contribution in [1.29, 1.82) is 0 Å². The molecule has 15 heavy (non-hydrogen) atoms. The minimum Gasteiger partial charge on any atom is -0.384 e. The van der Waals surface area contributed by atoms with Gasteiger partial charge in [-0.05, 0) is 6.07 Å². The number of rotatable bonds is 3. The summed E-state index contributed by atoms with van der Waals surface area (Å²) in [6, 6.07) is 0.780. The predicted molar refractivity (Wildman–Crippen MR) is 48.2 cm³/mol. The van der Waals surface area contributed by atoms with Crippen LogP contribution in [-0.2, 0) is 6.54 Å². The van der Waals surface area contributed by atoms with Gasteiger partial charge in [-0.25, -0.2) is 13.8 Å². The summed E-state index contributed by atoms with van der Waals surface area (Å²) in [4.78, 5) is 13.2. The van der Waals surface area contributed by atoms with Crippen LogP contribution in [0.3, 0.4) is 0 Å². The van der Waals surface area contributed by atoms with Crippen molar-refractivity contribution in [2.75, 3.05) is 5.73 Å². The SMILES string of the molecule is NCc1nc(N)cc(C(F)F)c1[N+](=O)[O-]. The third-order valence-corrected chi connectivity index (χ3v) is 1.73. The fourth-order valence-corrected chi connectivity index (χ4v) is 1.15. The summed E-state index contributed by atoms with van der Waals surface area (Å²) in [5, 5.41) is 10.6. The van der Waals surface area contributed by atoms with Gasteiger partial charge < -0.3 is 11.5 Å². The van der Waals surface area contributed by atoms with Gasteiger partial charge in [0.05, 0.1) is 4.92 Å². The number of hydrogen-bond donors (Lipinski definition) is 2. The van der Waals surface area contributed by atoms with Crippen LogP contribution in [0.25, 0.3) is 0 Å². The summed E-state index contributed by atoms with van der Waals surface area (Å²) in [5.41, 5.74) is 8.62. The number of anilines is 1. The summed E-state index contributed by atoms with van der Waals surface area (Å²) in [7, 11) is 0. The summed E-state index contributed by atoms with van der Waals surface area (Å²) >= 11 is 0. The Bertz CT molecular complexity index is 397. The molecule has 4 N–H and O–H groups in total. The van der Waals surface area contributed by atoms with E-state index in [0.29, 0.717) is 0 Å². The van der Waals surface area contributed by atoms with Crippen LogP contribution >= 0.6 is 0 Å². The molecule has 1 heterocycles. The van der Waals surface area contributed by atoms with Crippen molar-refractivity contribution in [3.63, 3.8) is 0 Å². The largest absolute Gasteiger partial charge is 0.384 e. The lowest BCUT2D eigenvalue weighted by molar-refractivity contribution is -0.387. The molecule has 0 aliphatic carbocycles. The summed E-state index contributed by atoms with van der Waals surface area (Å²) < 4.78 is 24.9. The number of nitrogens with two attached hydrogens (primary N) is 2. The van der Waals surface area contributed by atoms with E-state index in [4.69, 9.17) is 11.5 Å². The lowest BCUT2D eigenvalue weighted by Gasteiger charge is -2.06. The van der Waals surface area contributed by atoms with Gasteiger partial charge in [0.25, 0.3) is 6.43 Å². The van der Waals surface area contributed by atoms with Gasteiger partial charge in [0.2, 0.25) is 0 Å². The predicted octanol–water partition coefficient (Wildman–Crippen LogP) is 0.968. The van der Waals surface area contributed by atoms with Crippen molar-refractivity contribution in [2.45, 2.75) is 13.0 Å². The third-order valence-electron chi connectivity index (χ3n) is 1.73. The maximum absolute atomic E-state index is 12.5. The van der Waals surface area contributed by atoms with Gasteiger partial charge in [-0.15, -0.1) is 0 Å². The Labute approximate surface area is 83.0 Å². The molecule has 0 saturated carbocycles. The summed E-state index contributed by atoms with van der Waals surface area (Å²) in [5.74, 6) is -0.212. The van der Waals surface area contributed by atoms with Crippen LogP contribution in [-0.4, -0.2) is 9.91 Å². The van der Waals surface area contributed by atoms with Crippen LogP contribution in [0.5, 0.6) is 0 Å². The van der Waals surface area contributed by atoms with E-state index in [-0.39, 0.29) is 18.1 Å². The van der Waals surface area contributed by atoms with Crippen molar-refractivity contribution < 1.29 is 13.7 Å². The van der Waals surface area contributed by atoms with Crippen LogP contribution in [0, 0.1) is 10.1 Å². The highest BCUT2D eigenvalue weighted by molar-refractivity contribution is 5.51. The van der Waals surface area contributed by atoms with Crippen molar-refractivity contribution >= 4 is 11.5 Å². The molecule has 1 rings (SSSR count). The molecule has 0 radical (unpaired) electrons. The normalized spacial score (nSPS) is 10.7. The Morgan fingerprint density at radius 1 is 1.60 bits per heavy atom. The van der Waals surface area contributed by atoms with E-state index >= 15 is 0 Å². The van der Waals surface area contributed by atoms with Gasteiger partial charge >= 0.3 is 5.69 Å². The molecule has 0 aromatic carbocycles. The zero-order valence-electron chi connectivity index (χ0n) is 7.48. The Morgan fingerprint density at radius 3 is 2.60 bits per heavy atom. The highest BCUT2D eigenvalue weighted by atomic mass is 19.3. The minimum absolute atomic E-state index is 0.212. The third kappa shape index (κ3) is 2.15. The van der Waals surface area contributed by atoms with E-state index < -0.39 is 22.6 Å². The maximum Gasteiger partial charge on any atom is 0.301 e. The van der Waals surface area contributed by atoms with Crippen molar-refractivity contribution in [1.82, 2.24) is 4.98 Å². The molecule has 82 valence electrons. The van der Waals surface area contributed by atoms with Crippen LogP contribution in [0.15, 0.2) is 6.07 Å². The molecule has 1 aromatic heterocycles. The van der Waals surface area contributed by atoms with Crippen LogP contribution in [0.4, 0.5) is 20.3 Å². The van der Waals surface area contributed by atoms with E-state index in [1.54, 1.807) is 0 Å². The zero-order chi connectivity index (χ0) is 11.6. The van der Waals surface area contributed by atoms with E-state index in [1.807, 2.05) is 0 Å². The number of nitrogen functional groups attached to an aromatic ring is 1. The van der Waals surface area contributed by atoms with Gasteiger partial charge in [0.1, 0.15) is 17.1 Å². The molecule has 0 aliphatic rings. The molecule has 8 heteroatoms. The first kappa shape index (κ1) is 11.2. The maximum atomic E-state index is 12.5. The van der Waals surface area contributed by atoms with Gasteiger partial charge in [-0.2, -0.15) is 0 Å². The number of nitrogens with zero attached hydrogens (tertiary/aromatic N) is 2. The van der Waals surface area contributed by atoms with Crippen LogP contribution in [0.2, 0.25) is 0 Å². The van der Waals surface area contributed by atoms with Crippen molar-refractivity contribution in [2.24, 2.45) is 5.73 Å². The van der Waals surface area contributed by atoms with Gasteiger partial charge in [-0.1, -0.05) is 0 Å². The molecule has 1 aromatic rings. The molecule has 0 spiro atoms. The minimum atomic E-state index is -2.99. The first-order valence-electron chi connectivity index (χ1n) is 3.89. The number of alkyl halides is 2. The average molecular weight is 218 g/mol. The molecule has 0 atom stereocenters. The second-order valence-electron chi connectivity index (χ2n) is 2.69. The second kappa shape index (κ2) is 4.13. The van der Waals surface area contributed by atoms with Crippen LogP contribution in [0.1, 0.15) is 17.7 Å². The summed E-state index contributed by atoms with van der Waals surface area (Å²) in [6.45, 7) is -0.318. The Balaban J connectivity index is 3.47. The smallest absolute Gasteiger partial charge is 0.301 e. The van der Waals surface area contributed by atoms with E-state index in [0.717, 1.165) is 6.07 Å². The first-order valence-corrected chi connectivity index (χ1v) is 3.89. The van der Waals surface area contributed by atoms with Crippen molar-refractivity contribution in [3.05, 3.63) is 27.4 Å². The van der Waals surface area contributed by atoms with Crippen molar-refractivity contribution in [3.8, 4) is 0 Å². The molecule has 6 nitrogen and oxygen atoms in total. The number of halogens is 2. The molecular weight excluding hydrogens is 210 g/mol. The molecule has 0 bridgehead atoms. The van der Waals surface area contributed by atoms with E-state index in [1.165, 1.54) is 0 Å². The number of nitro groups is 1. The Hall–Kier alpha value is -1.83. The zero-order valence-corrected chi connectivity index (χ0v) is 7.48. The fraction of sp³-hybridized carbons (Fsp3) is 0.286. The second-order valence-corrected chi connectivity index (χ2v) is 2.69. The number of aromatic nitrogens is 1. The molecule has 0 saturated heterocycles. The van der Waals surface area contributed by atoms with Gasteiger partial charge in [0.15, 0.2) is 0 Å². The number of pyridine rings is 1. The van der Waals surface area contributed by atoms with Gasteiger partial charge in [0, 0.05) is 6.54 Å². The quantitative estimate of drug-likeness (QED) is 0.580. The van der Waals surface area contributed by atoms with Crippen LogP contribution < -0.4 is 11.5 Å². The topological polar surface area (TPSA) is 108 Å². The molecule has 0 aliphatic heterocycles. The molecule has 0 fully saturated rings. The highest BCUT2D eigenvalue weighted by Crippen LogP contribution is 2.32. The Kier molecular flexibility index (Phi) is 3.10. The van der Waals surface area contributed by atoms with E-state index in [9.17, 15) is 18.9 Å². The van der Waals surface area contributed by atoms with E-state index in [2.05, 4.69) is 4.98 Å². The monoisotopic (exact) mass is 218 g/mol. The lowest BCUT2D eigenvalue weighted by Crippen LogP contribution is -2.09. The average Bonchev–Trinajstić information content (AvgIpc) is 2.15.